The molecule has 0 aliphatic carbocycles. The van der Waals surface area contributed by atoms with Gasteiger partial charge < -0.3 is 18.6 Å². The fourth-order valence-corrected chi connectivity index (χ4v) is 2.74. The second kappa shape index (κ2) is 7.28. The van der Waals surface area contributed by atoms with Crippen molar-refractivity contribution < 1.29 is 23.4 Å². The van der Waals surface area contributed by atoms with E-state index in [9.17, 15) is 4.79 Å². The molecule has 0 amide bonds. The molecule has 0 radical (unpaired) electrons. The number of carbonyl (C=O) groups is 1. The first-order valence-electron chi connectivity index (χ1n) is 8.27. The van der Waals surface area contributed by atoms with E-state index in [1.54, 1.807) is 49.4 Å². The third kappa shape index (κ3) is 3.73. The molecule has 0 saturated carbocycles. The second-order valence-corrected chi connectivity index (χ2v) is 6.36. The average molecular weight is 387 g/mol. The first-order chi connectivity index (χ1) is 13.1. The number of hydrogen-bond acceptors (Lipinski definition) is 7. The fourth-order valence-electron chi connectivity index (χ4n) is 2.62. The van der Waals surface area contributed by atoms with E-state index in [0.717, 1.165) is 5.56 Å². The predicted molar refractivity (Wildman–Crippen MR) is 95.5 cm³/mol. The van der Waals surface area contributed by atoms with Gasteiger partial charge in [-0.3, -0.25) is 0 Å². The molecule has 8 heteroatoms. The quantitative estimate of drug-likeness (QED) is 0.632. The molecule has 3 aromatic rings. The van der Waals surface area contributed by atoms with Gasteiger partial charge >= 0.3 is 5.97 Å². The van der Waals surface area contributed by atoms with Gasteiger partial charge in [0, 0.05) is 10.6 Å². The summed E-state index contributed by atoms with van der Waals surface area (Å²) in [6.45, 7) is 1.58. The van der Waals surface area contributed by atoms with Gasteiger partial charge in [0.15, 0.2) is 18.1 Å². The summed E-state index contributed by atoms with van der Waals surface area (Å²) in [5, 5.41) is 8.44. The molecule has 0 spiro atoms. The Morgan fingerprint density at radius 1 is 1.07 bits per heavy atom. The number of benzene rings is 2. The van der Waals surface area contributed by atoms with E-state index in [0.29, 0.717) is 22.4 Å². The van der Waals surface area contributed by atoms with E-state index < -0.39 is 18.2 Å². The zero-order valence-electron chi connectivity index (χ0n) is 14.3. The number of para-hydroxylation sites is 2. The van der Waals surface area contributed by atoms with E-state index in [4.69, 9.17) is 30.2 Å². The van der Waals surface area contributed by atoms with E-state index in [1.165, 1.54) is 0 Å². The number of halogens is 1. The van der Waals surface area contributed by atoms with Crippen LogP contribution in [0, 0.1) is 0 Å². The topological polar surface area (TPSA) is 83.7 Å². The minimum Gasteiger partial charge on any atom is -0.482 e. The van der Waals surface area contributed by atoms with Gasteiger partial charge in [-0.15, -0.1) is 10.2 Å². The van der Waals surface area contributed by atoms with Gasteiger partial charge in [-0.05, 0) is 43.3 Å². The monoisotopic (exact) mass is 386 g/mol. The molecular weight excluding hydrogens is 372 g/mol. The Bertz CT molecular complexity index is 957. The van der Waals surface area contributed by atoms with E-state index in [2.05, 4.69) is 10.2 Å². The summed E-state index contributed by atoms with van der Waals surface area (Å²) in [4.78, 5) is 12.4. The third-order valence-corrected chi connectivity index (χ3v) is 4.22. The lowest BCUT2D eigenvalue weighted by atomic mass is 10.2. The summed E-state index contributed by atoms with van der Waals surface area (Å²) in [6.07, 6.45) is -1.36. The molecule has 1 aromatic heterocycles. The van der Waals surface area contributed by atoms with Gasteiger partial charge in [0.25, 0.3) is 5.89 Å². The first-order valence-corrected chi connectivity index (χ1v) is 8.65. The molecular formula is C19H15ClN2O5. The molecule has 4 rings (SSSR count). The molecule has 0 saturated heterocycles. The zero-order chi connectivity index (χ0) is 18.8. The standard InChI is InChI=1S/C19H15ClN2O5/c1-11-17(26-15-5-3-2-4-14(15)25-11)19(23)24-10-16-21-22-18(27-16)12-6-8-13(20)9-7-12/h2-9,11,17H,10H2,1H3. The van der Waals surface area contributed by atoms with Gasteiger partial charge in [-0.2, -0.15) is 0 Å². The summed E-state index contributed by atoms with van der Waals surface area (Å²) in [6, 6.07) is 14.1. The Morgan fingerprint density at radius 3 is 2.52 bits per heavy atom. The van der Waals surface area contributed by atoms with Crippen LogP contribution >= 0.6 is 11.6 Å². The van der Waals surface area contributed by atoms with Crippen molar-refractivity contribution in [1.82, 2.24) is 10.2 Å². The lowest BCUT2D eigenvalue weighted by Crippen LogP contribution is -2.44. The number of esters is 1. The summed E-state index contributed by atoms with van der Waals surface area (Å²) in [5.74, 6) is 1.03. The summed E-state index contributed by atoms with van der Waals surface area (Å²) < 4.78 is 22.2. The smallest absolute Gasteiger partial charge is 0.351 e. The largest absolute Gasteiger partial charge is 0.482 e. The maximum Gasteiger partial charge on any atom is 0.351 e. The lowest BCUT2D eigenvalue weighted by Gasteiger charge is -2.30. The third-order valence-electron chi connectivity index (χ3n) is 3.97. The van der Waals surface area contributed by atoms with Crippen molar-refractivity contribution in [1.29, 1.82) is 0 Å². The number of hydrogen-bond donors (Lipinski definition) is 0. The molecule has 2 aromatic carbocycles. The molecule has 1 aliphatic rings. The van der Waals surface area contributed by atoms with Crippen LogP contribution in [0.5, 0.6) is 11.5 Å². The highest BCUT2D eigenvalue weighted by Gasteiger charge is 2.35. The highest BCUT2D eigenvalue weighted by Crippen LogP contribution is 2.33. The SMILES string of the molecule is CC1Oc2ccccc2OC1C(=O)OCc1nnc(-c2ccc(Cl)cc2)o1. The minimum atomic E-state index is -0.876. The van der Waals surface area contributed by atoms with Crippen LogP contribution in [0.3, 0.4) is 0 Å². The normalized spacial score (nSPS) is 18.1. The number of nitrogens with zero attached hydrogens (tertiary/aromatic N) is 2. The van der Waals surface area contributed by atoms with Crippen LogP contribution < -0.4 is 9.47 Å². The minimum absolute atomic E-state index is 0.159. The predicted octanol–water partition coefficient (Wildman–Crippen LogP) is 3.66. The maximum atomic E-state index is 12.4. The van der Waals surface area contributed by atoms with Gasteiger partial charge in [0.05, 0.1) is 0 Å². The molecule has 1 aliphatic heterocycles. The van der Waals surface area contributed by atoms with Gasteiger partial charge in [-0.25, -0.2) is 4.79 Å². The molecule has 0 N–H and O–H groups in total. The van der Waals surface area contributed by atoms with Crippen LogP contribution in [0.2, 0.25) is 5.02 Å². The summed E-state index contributed by atoms with van der Waals surface area (Å²) in [7, 11) is 0. The van der Waals surface area contributed by atoms with Crippen molar-refractivity contribution in [3.05, 3.63) is 59.4 Å². The highest BCUT2D eigenvalue weighted by atomic mass is 35.5. The van der Waals surface area contributed by atoms with Crippen LogP contribution in [0.1, 0.15) is 12.8 Å². The molecule has 2 heterocycles. The Hall–Kier alpha value is -3.06. The first kappa shape index (κ1) is 17.4. The van der Waals surface area contributed by atoms with Crippen LogP contribution in [0.4, 0.5) is 0 Å². The van der Waals surface area contributed by atoms with Crippen LogP contribution in [0.25, 0.3) is 11.5 Å². The lowest BCUT2D eigenvalue weighted by molar-refractivity contribution is -0.159. The molecule has 0 bridgehead atoms. The summed E-state index contributed by atoms with van der Waals surface area (Å²) in [5.41, 5.74) is 0.721. The molecule has 7 nitrogen and oxygen atoms in total. The number of carbonyl (C=O) groups excluding carboxylic acids is 1. The Kier molecular flexibility index (Phi) is 4.68. The van der Waals surface area contributed by atoms with E-state index >= 15 is 0 Å². The van der Waals surface area contributed by atoms with Gasteiger partial charge in [-0.1, -0.05) is 23.7 Å². The van der Waals surface area contributed by atoms with Gasteiger partial charge in [0.2, 0.25) is 12.0 Å². The average Bonchev–Trinajstić information content (AvgIpc) is 3.15. The number of fused-ring (bicyclic) bond motifs is 1. The second-order valence-electron chi connectivity index (χ2n) is 5.92. The number of aromatic nitrogens is 2. The Balaban J connectivity index is 1.39. The van der Waals surface area contributed by atoms with Crippen molar-refractivity contribution in [2.24, 2.45) is 0 Å². The van der Waals surface area contributed by atoms with E-state index in [-0.39, 0.29) is 12.5 Å². The Labute approximate surface area is 159 Å². The fraction of sp³-hybridized carbons (Fsp3) is 0.211. The molecule has 27 heavy (non-hydrogen) atoms. The number of ether oxygens (including phenoxy) is 3. The van der Waals surface area contributed by atoms with Crippen molar-refractivity contribution in [3.63, 3.8) is 0 Å². The van der Waals surface area contributed by atoms with Crippen molar-refractivity contribution >= 4 is 17.6 Å². The van der Waals surface area contributed by atoms with Crippen molar-refractivity contribution in [2.45, 2.75) is 25.7 Å². The van der Waals surface area contributed by atoms with Crippen LogP contribution in [-0.4, -0.2) is 28.4 Å². The maximum absolute atomic E-state index is 12.4. The number of rotatable bonds is 4. The molecule has 0 fully saturated rings. The van der Waals surface area contributed by atoms with Crippen LogP contribution in [0.15, 0.2) is 52.9 Å². The van der Waals surface area contributed by atoms with E-state index in [1.807, 2.05) is 6.07 Å². The van der Waals surface area contributed by atoms with Crippen LogP contribution in [-0.2, 0) is 16.1 Å². The molecule has 2 unspecified atom stereocenters. The van der Waals surface area contributed by atoms with Crippen molar-refractivity contribution in [2.75, 3.05) is 0 Å². The molecule has 2 atom stereocenters. The highest BCUT2D eigenvalue weighted by molar-refractivity contribution is 6.30. The Morgan fingerprint density at radius 2 is 1.78 bits per heavy atom. The van der Waals surface area contributed by atoms with Gasteiger partial charge in [0.1, 0.15) is 6.10 Å². The zero-order valence-corrected chi connectivity index (χ0v) is 15.1. The van der Waals surface area contributed by atoms with Crippen molar-refractivity contribution in [3.8, 4) is 23.0 Å². The summed E-state index contributed by atoms with van der Waals surface area (Å²) >= 11 is 5.86. The molecule has 138 valence electrons.